The number of hydrogen-bond acceptors (Lipinski definition) is 2. The molecule has 2 aromatic heterocycles. The van der Waals surface area contributed by atoms with E-state index in [1.807, 2.05) is 36.2 Å². The quantitative estimate of drug-likeness (QED) is 0.753. The number of nitrogens with zero attached hydrogens (tertiary/aromatic N) is 3. The zero-order chi connectivity index (χ0) is 15.1. The van der Waals surface area contributed by atoms with Crippen LogP contribution in [0, 0.1) is 24.4 Å². The maximum Gasteiger partial charge on any atom is 0.179 e. The number of H-pyrrole nitrogens is 1. The fourth-order valence-electron chi connectivity index (χ4n) is 2.75. The molecule has 4 nitrogen and oxygen atoms in total. The highest BCUT2D eigenvalue weighted by molar-refractivity contribution is 7.71. The Morgan fingerprint density at radius 2 is 2.10 bits per heavy atom. The number of halogens is 1. The van der Waals surface area contributed by atoms with Crippen LogP contribution in [-0.2, 0) is 20.0 Å². The van der Waals surface area contributed by atoms with Crippen LogP contribution in [0.1, 0.15) is 16.8 Å². The number of aromatic amines is 1. The summed E-state index contributed by atoms with van der Waals surface area (Å²) in [6.45, 7) is 4.63. The van der Waals surface area contributed by atoms with E-state index < -0.39 is 0 Å². The molecule has 3 aromatic rings. The Bertz CT molecular complexity index is 872. The number of benzene rings is 1. The number of aryl methyl sites for hydroxylation is 5. The average Bonchev–Trinajstić information content (AvgIpc) is 2.87. The summed E-state index contributed by atoms with van der Waals surface area (Å²) in [6.07, 6.45) is 0.803. The van der Waals surface area contributed by atoms with Gasteiger partial charge in [0.2, 0.25) is 0 Å². The maximum atomic E-state index is 13.2. The predicted molar refractivity (Wildman–Crippen MR) is 83.5 cm³/mol. The first kappa shape index (κ1) is 14.0. The van der Waals surface area contributed by atoms with Gasteiger partial charge in [-0.3, -0.25) is 4.68 Å². The molecule has 21 heavy (non-hydrogen) atoms. The minimum atomic E-state index is -0.195. The van der Waals surface area contributed by atoms with Gasteiger partial charge in [-0.05, 0) is 55.7 Å². The Hall–Kier alpha value is -1.95. The number of aromatic nitrogens is 4. The van der Waals surface area contributed by atoms with Crippen molar-refractivity contribution in [2.24, 2.45) is 7.05 Å². The molecular weight excluding hydrogens is 287 g/mol. The second-order valence-corrected chi connectivity index (χ2v) is 5.70. The van der Waals surface area contributed by atoms with Crippen LogP contribution in [0.15, 0.2) is 18.2 Å². The lowest BCUT2D eigenvalue weighted by Crippen LogP contribution is -2.06. The summed E-state index contributed by atoms with van der Waals surface area (Å²) in [7, 11) is 1.91. The lowest BCUT2D eigenvalue weighted by atomic mass is 10.1. The molecule has 6 heteroatoms. The van der Waals surface area contributed by atoms with Crippen LogP contribution in [0.5, 0.6) is 0 Å². The third-order valence-corrected chi connectivity index (χ3v) is 4.16. The molecule has 1 N–H and O–H groups in total. The van der Waals surface area contributed by atoms with Gasteiger partial charge >= 0.3 is 0 Å². The molecule has 0 amide bonds. The van der Waals surface area contributed by atoms with E-state index in [-0.39, 0.29) is 5.82 Å². The Kier molecular flexibility index (Phi) is 3.41. The molecule has 0 aliphatic heterocycles. The van der Waals surface area contributed by atoms with Crippen molar-refractivity contribution in [3.05, 3.63) is 45.6 Å². The molecule has 0 saturated carbocycles. The van der Waals surface area contributed by atoms with Gasteiger partial charge in [0.1, 0.15) is 11.3 Å². The zero-order valence-electron chi connectivity index (χ0n) is 12.3. The van der Waals surface area contributed by atoms with E-state index in [1.54, 1.807) is 6.07 Å². The summed E-state index contributed by atoms with van der Waals surface area (Å²) in [5.74, 6) is -0.195. The van der Waals surface area contributed by atoms with Crippen LogP contribution >= 0.6 is 12.2 Å². The number of hydrogen-bond donors (Lipinski definition) is 1. The van der Waals surface area contributed by atoms with Crippen molar-refractivity contribution in [1.29, 1.82) is 0 Å². The third-order valence-electron chi connectivity index (χ3n) is 3.83. The van der Waals surface area contributed by atoms with Crippen LogP contribution in [0.2, 0.25) is 0 Å². The normalized spacial score (nSPS) is 11.4. The molecule has 0 aliphatic rings. The van der Waals surface area contributed by atoms with Crippen molar-refractivity contribution in [3.63, 3.8) is 0 Å². The standard InChI is InChI=1S/C15H17FN4S/c1-9-8-12(16)5-4-11(9)6-7-20-14-13(17-15(20)21)10(2)18-19(14)3/h4-5,8H,6-7H2,1-3H3,(H,17,21). The van der Waals surface area contributed by atoms with E-state index in [4.69, 9.17) is 12.2 Å². The number of imidazole rings is 1. The minimum Gasteiger partial charge on any atom is -0.328 e. The van der Waals surface area contributed by atoms with E-state index in [0.29, 0.717) is 4.77 Å². The summed E-state index contributed by atoms with van der Waals surface area (Å²) in [5, 5.41) is 4.40. The molecule has 2 heterocycles. The Labute approximate surface area is 127 Å². The fraction of sp³-hybridized carbons (Fsp3) is 0.333. The molecule has 0 atom stereocenters. The van der Waals surface area contributed by atoms with Crippen LogP contribution in [0.25, 0.3) is 11.2 Å². The minimum absolute atomic E-state index is 0.195. The van der Waals surface area contributed by atoms with Gasteiger partial charge < -0.3 is 9.55 Å². The smallest absolute Gasteiger partial charge is 0.179 e. The lowest BCUT2D eigenvalue weighted by Gasteiger charge is -2.08. The summed E-state index contributed by atoms with van der Waals surface area (Å²) in [4.78, 5) is 3.21. The first-order valence-corrected chi connectivity index (χ1v) is 7.25. The summed E-state index contributed by atoms with van der Waals surface area (Å²) in [6, 6.07) is 4.91. The molecular formula is C15H17FN4S. The molecule has 3 rings (SSSR count). The first-order valence-electron chi connectivity index (χ1n) is 6.84. The number of nitrogens with one attached hydrogen (secondary N) is 1. The highest BCUT2D eigenvalue weighted by Gasteiger charge is 2.12. The van der Waals surface area contributed by atoms with Crippen LogP contribution in [0.4, 0.5) is 4.39 Å². The molecule has 110 valence electrons. The second kappa shape index (κ2) is 5.11. The van der Waals surface area contributed by atoms with Gasteiger partial charge in [0.15, 0.2) is 10.4 Å². The molecule has 1 aromatic carbocycles. The average molecular weight is 304 g/mol. The Morgan fingerprint density at radius 3 is 2.81 bits per heavy atom. The van der Waals surface area contributed by atoms with Crippen molar-refractivity contribution >= 4 is 23.4 Å². The fourth-order valence-corrected chi connectivity index (χ4v) is 3.03. The van der Waals surface area contributed by atoms with E-state index in [0.717, 1.165) is 41.0 Å². The van der Waals surface area contributed by atoms with E-state index >= 15 is 0 Å². The second-order valence-electron chi connectivity index (χ2n) is 5.31. The molecule has 0 aliphatic carbocycles. The zero-order valence-corrected chi connectivity index (χ0v) is 13.1. The van der Waals surface area contributed by atoms with Gasteiger partial charge in [-0.25, -0.2) is 4.39 Å². The van der Waals surface area contributed by atoms with Gasteiger partial charge in [0.25, 0.3) is 0 Å². The van der Waals surface area contributed by atoms with Crippen molar-refractivity contribution < 1.29 is 4.39 Å². The number of fused-ring (bicyclic) bond motifs is 1. The lowest BCUT2D eigenvalue weighted by molar-refractivity contribution is 0.623. The van der Waals surface area contributed by atoms with Crippen molar-refractivity contribution in [3.8, 4) is 0 Å². The van der Waals surface area contributed by atoms with Crippen molar-refractivity contribution in [2.45, 2.75) is 26.8 Å². The monoisotopic (exact) mass is 304 g/mol. The maximum absolute atomic E-state index is 13.2. The van der Waals surface area contributed by atoms with Crippen LogP contribution in [-0.4, -0.2) is 19.3 Å². The van der Waals surface area contributed by atoms with Gasteiger partial charge in [-0.1, -0.05) is 6.07 Å². The number of rotatable bonds is 3. The van der Waals surface area contributed by atoms with Gasteiger partial charge in [0, 0.05) is 13.6 Å². The SMILES string of the molecule is Cc1cc(F)ccc1CCn1c(=S)[nH]c2c(C)nn(C)c21. The van der Waals surface area contributed by atoms with E-state index in [2.05, 4.69) is 10.1 Å². The topological polar surface area (TPSA) is 38.5 Å². The van der Waals surface area contributed by atoms with Gasteiger partial charge in [0.05, 0.1) is 5.69 Å². The largest absolute Gasteiger partial charge is 0.328 e. The van der Waals surface area contributed by atoms with E-state index in [1.165, 1.54) is 6.07 Å². The summed E-state index contributed by atoms with van der Waals surface area (Å²) in [5.41, 5.74) is 5.02. The van der Waals surface area contributed by atoms with Crippen LogP contribution < -0.4 is 0 Å². The predicted octanol–water partition coefficient (Wildman–Crippen LogP) is 3.43. The first-order chi connectivity index (χ1) is 9.97. The highest BCUT2D eigenvalue weighted by Crippen LogP contribution is 2.18. The molecule has 0 saturated heterocycles. The molecule has 0 radical (unpaired) electrons. The highest BCUT2D eigenvalue weighted by atomic mass is 32.1. The van der Waals surface area contributed by atoms with E-state index in [9.17, 15) is 4.39 Å². The summed E-state index contributed by atoms with van der Waals surface area (Å²) < 4.78 is 17.7. The molecule has 0 unspecified atom stereocenters. The van der Waals surface area contributed by atoms with Gasteiger partial charge in [-0.2, -0.15) is 5.10 Å². The Balaban J connectivity index is 1.95. The van der Waals surface area contributed by atoms with Crippen LogP contribution in [0.3, 0.4) is 0 Å². The van der Waals surface area contributed by atoms with Gasteiger partial charge in [-0.15, -0.1) is 0 Å². The molecule has 0 fully saturated rings. The third kappa shape index (κ3) is 2.40. The molecule has 0 spiro atoms. The molecule has 0 bridgehead atoms. The summed E-state index contributed by atoms with van der Waals surface area (Å²) >= 11 is 5.40. The van der Waals surface area contributed by atoms with Crippen molar-refractivity contribution in [1.82, 2.24) is 19.3 Å². The van der Waals surface area contributed by atoms with Crippen molar-refractivity contribution in [2.75, 3.05) is 0 Å². The Morgan fingerprint density at radius 1 is 1.33 bits per heavy atom.